The zero-order chi connectivity index (χ0) is 11.7. The summed E-state index contributed by atoms with van der Waals surface area (Å²) < 4.78 is 7.58. The largest absolute Gasteiger partial charge is 0.468 e. The fraction of sp³-hybridized carbons (Fsp3) is 0.462. The molecule has 0 spiro atoms. The first-order valence-electron chi connectivity index (χ1n) is 6.08. The lowest BCUT2D eigenvalue weighted by Crippen LogP contribution is -2.16. The molecule has 4 nitrogen and oxygen atoms in total. The molecule has 1 N–H and O–H groups in total. The van der Waals surface area contributed by atoms with Gasteiger partial charge in [0.2, 0.25) is 0 Å². The Balaban J connectivity index is 1.69. The summed E-state index contributed by atoms with van der Waals surface area (Å²) in [6.07, 6.45) is 9.00. The van der Waals surface area contributed by atoms with E-state index in [1.54, 1.807) is 6.26 Å². The van der Waals surface area contributed by atoms with Crippen LogP contribution in [-0.4, -0.2) is 15.6 Å². The van der Waals surface area contributed by atoms with Crippen LogP contribution in [0.3, 0.4) is 0 Å². The highest BCUT2D eigenvalue weighted by Crippen LogP contribution is 2.21. The van der Waals surface area contributed by atoms with E-state index in [9.17, 15) is 0 Å². The fourth-order valence-electron chi connectivity index (χ4n) is 1.94. The maximum atomic E-state index is 5.53. The molecule has 2 aromatic rings. The number of hydrogen-bond acceptors (Lipinski definition) is 3. The highest BCUT2D eigenvalue weighted by molar-refractivity contribution is 5.21. The molecular weight excluding hydrogens is 214 g/mol. The molecule has 1 saturated carbocycles. The van der Waals surface area contributed by atoms with Crippen molar-refractivity contribution in [3.8, 4) is 0 Å². The Morgan fingerprint density at radius 3 is 3.12 bits per heavy atom. The first-order chi connectivity index (χ1) is 8.33. The Labute approximate surface area is 101 Å². The molecule has 1 fully saturated rings. The summed E-state index contributed by atoms with van der Waals surface area (Å²) in [4.78, 5) is 4.34. The van der Waals surface area contributed by atoms with Crippen LogP contribution in [0.4, 0.5) is 0 Å². The molecule has 3 rings (SSSR count). The van der Waals surface area contributed by atoms with E-state index in [0.29, 0.717) is 6.04 Å². The van der Waals surface area contributed by atoms with Crippen molar-refractivity contribution >= 4 is 0 Å². The molecule has 0 aromatic carbocycles. The predicted octanol–water partition coefficient (Wildman–Crippen LogP) is 1.86. The van der Waals surface area contributed by atoms with E-state index in [0.717, 1.165) is 24.6 Å². The number of nitrogens with one attached hydrogen (secondary N) is 1. The van der Waals surface area contributed by atoms with Crippen molar-refractivity contribution in [1.29, 1.82) is 0 Å². The van der Waals surface area contributed by atoms with Gasteiger partial charge in [0.05, 0.1) is 12.8 Å². The van der Waals surface area contributed by atoms with Crippen molar-refractivity contribution in [2.45, 2.75) is 31.8 Å². The topological polar surface area (TPSA) is 43.0 Å². The minimum atomic E-state index is 0.709. The normalized spacial score (nSPS) is 15.4. The number of furan rings is 1. The Morgan fingerprint density at radius 2 is 2.41 bits per heavy atom. The van der Waals surface area contributed by atoms with E-state index in [1.807, 2.05) is 30.1 Å². The van der Waals surface area contributed by atoms with Crippen LogP contribution in [-0.2, 0) is 20.0 Å². The van der Waals surface area contributed by atoms with Crippen molar-refractivity contribution in [3.63, 3.8) is 0 Å². The van der Waals surface area contributed by atoms with Gasteiger partial charge in [-0.1, -0.05) is 0 Å². The average molecular weight is 231 g/mol. The number of hydrogen-bond donors (Lipinski definition) is 1. The summed E-state index contributed by atoms with van der Waals surface area (Å²) in [5, 5.41) is 3.47. The van der Waals surface area contributed by atoms with Gasteiger partial charge in [-0.3, -0.25) is 0 Å². The molecule has 4 heteroatoms. The molecule has 2 heterocycles. The van der Waals surface area contributed by atoms with E-state index in [1.165, 1.54) is 18.4 Å². The standard InChI is InChI=1S/C13H17N3O/c1-16-6-5-14-13(16)8-10-4-7-17-12(10)9-15-11-2-3-11/h4-7,11,15H,2-3,8-9H2,1H3. The van der Waals surface area contributed by atoms with Crippen LogP contribution in [0.1, 0.15) is 30.0 Å². The Kier molecular flexibility index (Phi) is 2.73. The second-order valence-corrected chi connectivity index (χ2v) is 4.66. The Hall–Kier alpha value is -1.55. The zero-order valence-electron chi connectivity index (χ0n) is 10.0. The molecule has 1 aliphatic carbocycles. The van der Waals surface area contributed by atoms with E-state index in [-0.39, 0.29) is 0 Å². The summed E-state index contributed by atoms with van der Waals surface area (Å²) in [7, 11) is 2.02. The van der Waals surface area contributed by atoms with Crippen molar-refractivity contribution in [2.24, 2.45) is 7.05 Å². The highest BCUT2D eigenvalue weighted by atomic mass is 16.3. The van der Waals surface area contributed by atoms with Gasteiger partial charge in [0, 0.05) is 37.5 Å². The van der Waals surface area contributed by atoms with E-state index in [4.69, 9.17) is 4.42 Å². The number of rotatable bonds is 5. The maximum Gasteiger partial charge on any atom is 0.121 e. The van der Waals surface area contributed by atoms with Crippen molar-refractivity contribution in [2.75, 3.05) is 0 Å². The second-order valence-electron chi connectivity index (χ2n) is 4.66. The quantitative estimate of drug-likeness (QED) is 0.854. The Bertz CT molecular complexity index is 496. The molecule has 0 amide bonds. The predicted molar refractivity (Wildman–Crippen MR) is 64.6 cm³/mol. The summed E-state index contributed by atoms with van der Waals surface area (Å²) in [6, 6.07) is 2.75. The molecule has 0 unspecified atom stereocenters. The van der Waals surface area contributed by atoms with Crippen molar-refractivity contribution in [1.82, 2.24) is 14.9 Å². The van der Waals surface area contributed by atoms with Gasteiger partial charge in [0.25, 0.3) is 0 Å². The van der Waals surface area contributed by atoms with Crippen LogP contribution in [0.25, 0.3) is 0 Å². The van der Waals surface area contributed by atoms with Gasteiger partial charge >= 0.3 is 0 Å². The number of aromatic nitrogens is 2. The minimum Gasteiger partial charge on any atom is -0.468 e. The molecule has 0 aliphatic heterocycles. The first-order valence-corrected chi connectivity index (χ1v) is 6.08. The van der Waals surface area contributed by atoms with Crippen LogP contribution >= 0.6 is 0 Å². The number of aryl methyl sites for hydroxylation is 1. The molecule has 0 saturated heterocycles. The molecule has 0 atom stereocenters. The van der Waals surface area contributed by atoms with E-state index < -0.39 is 0 Å². The molecule has 17 heavy (non-hydrogen) atoms. The van der Waals surface area contributed by atoms with Crippen LogP contribution in [0, 0.1) is 0 Å². The van der Waals surface area contributed by atoms with Gasteiger partial charge in [-0.2, -0.15) is 0 Å². The molecule has 90 valence electrons. The van der Waals surface area contributed by atoms with Crippen LogP contribution < -0.4 is 5.32 Å². The molecule has 2 aromatic heterocycles. The SMILES string of the molecule is Cn1ccnc1Cc1ccoc1CNC1CC1. The van der Waals surface area contributed by atoms with Crippen LogP contribution in [0.15, 0.2) is 29.1 Å². The number of imidazole rings is 1. The smallest absolute Gasteiger partial charge is 0.121 e. The summed E-state index contributed by atoms with van der Waals surface area (Å²) in [5.41, 5.74) is 1.23. The molecular formula is C13H17N3O. The van der Waals surface area contributed by atoms with Crippen molar-refractivity contribution < 1.29 is 4.42 Å². The fourth-order valence-corrected chi connectivity index (χ4v) is 1.94. The summed E-state index contributed by atoms with van der Waals surface area (Å²) in [5.74, 6) is 2.11. The maximum absolute atomic E-state index is 5.53. The second kappa shape index (κ2) is 4.37. The van der Waals surface area contributed by atoms with Gasteiger partial charge in [-0.05, 0) is 18.9 Å². The third-order valence-electron chi connectivity index (χ3n) is 3.24. The number of nitrogens with zero attached hydrogens (tertiary/aromatic N) is 2. The Morgan fingerprint density at radius 1 is 1.53 bits per heavy atom. The zero-order valence-corrected chi connectivity index (χ0v) is 10.0. The van der Waals surface area contributed by atoms with Gasteiger partial charge in [-0.25, -0.2) is 4.98 Å². The van der Waals surface area contributed by atoms with Gasteiger partial charge in [0.1, 0.15) is 11.6 Å². The first kappa shape index (κ1) is 10.6. The van der Waals surface area contributed by atoms with Crippen LogP contribution in [0.5, 0.6) is 0 Å². The highest BCUT2D eigenvalue weighted by Gasteiger charge is 2.21. The lowest BCUT2D eigenvalue weighted by atomic mass is 10.1. The van der Waals surface area contributed by atoms with Gasteiger partial charge < -0.3 is 14.3 Å². The summed E-state index contributed by atoms with van der Waals surface area (Å²) >= 11 is 0. The minimum absolute atomic E-state index is 0.709. The average Bonchev–Trinajstić information content (AvgIpc) is 2.92. The lowest BCUT2D eigenvalue weighted by Gasteiger charge is -2.04. The van der Waals surface area contributed by atoms with Crippen molar-refractivity contribution in [3.05, 3.63) is 41.9 Å². The monoisotopic (exact) mass is 231 g/mol. The van der Waals surface area contributed by atoms with E-state index >= 15 is 0 Å². The van der Waals surface area contributed by atoms with Gasteiger partial charge in [-0.15, -0.1) is 0 Å². The van der Waals surface area contributed by atoms with Gasteiger partial charge in [0.15, 0.2) is 0 Å². The summed E-state index contributed by atoms with van der Waals surface area (Å²) in [6.45, 7) is 0.831. The third kappa shape index (κ3) is 2.42. The molecule has 1 aliphatic rings. The third-order valence-corrected chi connectivity index (χ3v) is 3.24. The van der Waals surface area contributed by atoms with Crippen LogP contribution in [0.2, 0.25) is 0 Å². The molecule has 0 bridgehead atoms. The lowest BCUT2D eigenvalue weighted by molar-refractivity contribution is 0.478. The molecule has 0 radical (unpaired) electrons. The van der Waals surface area contributed by atoms with E-state index in [2.05, 4.69) is 10.3 Å².